The van der Waals surface area contributed by atoms with Gasteiger partial charge in [-0.15, -0.1) is 0 Å². The van der Waals surface area contributed by atoms with Crippen molar-refractivity contribution in [2.45, 2.75) is 63.6 Å². The number of hydrogen-bond acceptors (Lipinski definition) is 6. The van der Waals surface area contributed by atoms with Crippen LogP contribution in [0.15, 0.2) is 18.3 Å². The number of anilines is 2. The average Bonchev–Trinajstić information content (AvgIpc) is 3.20. The second kappa shape index (κ2) is 8.80. The highest BCUT2D eigenvalue weighted by Gasteiger charge is 2.35. The van der Waals surface area contributed by atoms with Crippen molar-refractivity contribution < 1.29 is 9.18 Å². The number of carbonyl (C=O) groups is 1. The largest absolute Gasteiger partial charge is 0.370 e. The van der Waals surface area contributed by atoms with E-state index in [9.17, 15) is 10.1 Å². The molecule has 1 amide bonds. The molecule has 35 heavy (non-hydrogen) atoms. The number of carbonyl (C=O) groups excluding carboxylic acids is 1. The quantitative estimate of drug-likeness (QED) is 0.634. The van der Waals surface area contributed by atoms with E-state index in [1.54, 1.807) is 12.3 Å². The van der Waals surface area contributed by atoms with Gasteiger partial charge >= 0.3 is 0 Å². The Morgan fingerprint density at radius 3 is 2.77 bits per heavy atom. The lowest BCUT2D eigenvalue weighted by molar-refractivity contribution is 0.0933. The maximum absolute atomic E-state index is 15.4. The van der Waals surface area contributed by atoms with Gasteiger partial charge in [-0.25, -0.2) is 9.37 Å². The van der Waals surface area contributed by atoms with Crippen molar-refractivity contribution >= 4 is 17.4 Å². The molecule has 4 atom stereocenters. The molecule has 2 bridgehead atoms. The molecule has 7 nitrogen and oxygen atoms in total. The van der Waals surface area contributed by atoms with Crippen LogP contribution in [0.3, 0.4) is 0 Å². The predicted octanol–water partition coefficient (Wildman–Crippen LogP) is 2.92. The van der Waals surface area contributed by atoms with Gasteiger partial charge in [0.1, 0.15) is 17.7 Å². The molecule has 0 saturated carbocycles. The van der Waals surface area contributed by atoms with Crippen molar-refractivity contribution in [3.63, 3.8) is 0 Å². The van der Waals surface area contributed by atoms with Crippen LogP contribution in [0.5, 0.6) is 0 Å². The number of rotatable bonds is 3. The van der Waals surface area contributed by atoms with Crippen LogP contribution >= 0.6 is 0 Å². The molecule has 4 aliphatic rings. The van der Waals surface area contributed by atoms with Crippen LogP contribution in [0.4, 0.5) is 15.9 Å². The van der Waals surface area contributed by atoms with Gasteiger partial charge in [-0.05, 0) is 73.3 Å². The van der Waals surface area contributed by atoms with E-state index in [0.29, 0.717) is 54.0 Å². The highest BCUT2D eigenvalue weighted by molar-refractivity contribution is 5.94. The molecule has 2 aromatic rings. The Hall–Kier alpha value is -3.18. The van der Waals surface area contributed by atoms with Gasteiger partial charge in [0.05, 0.1) is 16.8 Å². The molecule has 0 spiro atoms. The van der Waals surface area contributed by atoms with Crippen molar-refractivity contribution in [2.75, 3.05) is 29.9 Å². The number of piperazine rings is 1. The first-order chi connectivity index (χ1) is 17.0. The first-order valence-electron chi connectivity index (χ1n) is 12.8. The minimum absolute atomic E-state index is 0.176. The summed E-state index contributed by atoms with van der Waals surface area (Å²) in [6.07, 6.45) is 6.42. The van der Waals surface area contributed by atoms with Crippen molar-refractivity contribution in [3.05, 3.63) is 52.0 Å². The van der Waals surface area contributed by atoms with Crippen molar-refractivity contribution in [2.24, 2.45) is 5.92 Å². The molecule has 3 aliphatic heterocycles. The van der Waals surface area contributed by atoms with Crippen LogP contribution in [-0.2, 0) is 19.3 Å². The number of nitrogens with one attached hydrogen (secondary N) is 3. The number of amides is 1. The standard InChI is InChI=1S/C27H31FN6O/c1-15-6-16-7-17(12-31-26(16)30-11-15)27(35)33-18-4-5-21-22(8-18)24(28)9-25(23(21)10-29)34-13-19-2-3-20(14-34)32-19/h7,9,12,15,18-20,32H,2-6,8,11,13-14H2,1H3,(H,30,31)(H,33,35)/t15-,18+,19?,20?/m0/s1. The Labute approximate surface area is 205 Å². The van der Waals surface area contributed by atoms with Gasteiger partial charge in [0.25, 0.3) is 5.91 Å². The van der Waals surface area contributed by atoms with E-state index >= 15 is 4.39 Å². The van der Waals surface area contributed by atoms with Crippen LogP contribution in [0.2, 0.25) is 0 Å². The van der Waals surface area contributed by atoms with Crippen LogP contribution in [0.1, 0.15) is 58.8 Å². The summed E-state index contributed by atoms with van der Waals surface area (Å²) in [6.45, 7) is 4.68. The molecular weight excluding hydrogens is 443 g/mol. The van der Waals surface area contributed by atoms with E-state index in [1.807, 2.05) is 6.07 Å². The topological polar surface area (TPSA) is 93.1 Å². The lowest BCUT2D eigenvalue weighted by atomic mass is 9.84. The first kappa shape index (κ1) is 22.3. The van der Waals surface area contributed by atoms with Crippen LogP contribution in [-0.4, -0.2) is 48.7 Å². The Bertz CT molecular complexity index is 1210. The van der Waals surface area contributed by atoms with Gasteiger partial charge in [0, 0.05) is 44.0 Å². The molecule has 1 aromatic carbocycles. The fourth-order valence-electron chi connectivity index (χ4n) is 6.32. The molecular formula is C27H31FN6O. The Morgan fingerprint density at radius 2 is 2.00 bits per heavy atom. The predicted molar refractivity (Wildman–Crippen MR) is 132 cm³/mol. The lowest BCUT2D eigenvalue weighted by Gasteiger charge is -2.36. The van der Waals surface area contributed by atoms with Crippen LogP contribution < -0.4 is 20.9 Å². The monoisotopic (exact) mass is 474 g/mol. The minimum atomic E-state index is -0.269. The Kier molecular flexibility index (Phi) is 5.60. The smallest absolute Gasteiger partial charge is 0.253 e. The molecule has 3 N–H and O–H groups in total. The van der Waals surface area contributed by atoms with E-state index in [0.717, 1.165) is 61.5 Å². The number of nitriles is 1. The third-order valence-electron chi connectivity index (χ3n) is 8.09. The van der Waals surface area contributed by atoms with Gasteiger partial charge in [-0.2, -0.15) is 5.26 Å². The van der Waals surface area contributed by atoms with Gasteiger partial charge in [0.15, 0.2) is 0 Å². The third kappa shape index (κ3) is 4.12. The number of halogens is 1. The molecule has 8 heteroatoms. The summed E-state index contributed by atoms with van der Waals surface area (Å²) in [4.78, 5) is 19.6. The fraction of sp³-hybridized carbons (Fsp3) is 0.519. The minimum Gasteiger partial charge on any atom is -0.370 e. The molecule has 2 fully saturated rings. The summed E-state index contributed by atoms with van der Waals surface area (Å²) in [6, 6.07) is 6.50. The third-order valence-corrected chi connectivity index (χ3v) is 8.09. The molecule has 1 aliphatic carbocycles. The molecule has 2 saturated heterocycles. The zero-order valence-corrected chi connectivity index (χ0v) is 20.0. The van der Waals surface area contributed by atoms with Gasteiger partial charge in [-0.3, -0.25) is 4.79 Å². The zero-order valence-electron chi connectivity index (χ0n) is 20.0. The van der Waals surface area contributed by atoms with Crippen LogP contribution in [0, 0.1) is 23.1 Å². The summed E-state index contributed by atoms with van der Waals surface area (Å²) in [5.74, 6) is 0.900. The second-order valence-corrected chi connectivity index (χ2v) is 10.7. The molecule has 2 unspecified atom stereocenters. The van der Waals surface area contributed by atoms with Crippen LogP contribution in [0.25, 0.3) is 0 Å². The average molecular weight is 475 g/mol. The first-order valence-corrected chi connectivity index (χ1v) is 12.8. The number of nitrogens with zero attached hydrogens (tertiary/aromatic N) is 3. The van der Waals surface area contributed by atoms with E-state index in [1.165, 1.54) is 0 Å². The number of fused-ring (bicyclic) bond motifs is 4. The normalized spacial score (nSPS) is 26.8. The fourth-order valence-corrected chi connectivity index (χ4v) is 6.32. The summed E-state index contributed by atoms with van der Waals surface area (Å²) in [5.41, 5.74) is 4.31. The van der Waals surface area contributed by atoms with E-state index in [-0.39, 0.29) is 17.8 Å². The Balaban J connectivity index is 1.20. The van der Waals surface area contributed by atoms with Gasteiger partial charge in [0.2, 0.25) is 0 Å². The summed E-state index contributed by atoms with van der Waals surface area (Å²) >= 11 is 0. The highest BCUT2D eigenvalue weighted by Crippen LogP contribution is 2.36. The molecule has 1 aromatic heterocycles. The van der Waals surface area contributed by atoms with Crippen molar-refractivity contribution in [1.29, 1.82) is 5.26 Å². The molecule has 6 rings (SSSR count). The summed E-state index contributed by atoms with van der Waals surface area (Å²) in [5, 5.41) is 20.0. The number of aromatic nitrogens is 1. The molecule has 182 valence electrons. The van der Waals surface area contributed by atoms with E-state index < -0.39 is 0 Å². The van der Waals surface area contributed by atoms with E-state index in [2.05, 4.69) is 38.8 Å². The molecule has 4 heterocycles. The number of benzene rings is 1. The maximum Gasteiger partial charge on any atom is 0.253 e. The molecule has 0 radical (unpaired) electrons. The maximum atomic E-state index is 15.4. The number of hydrogen-bond donors (Lipinski definition) is 3. The summed E-state index contributed by atoms with van der Waals surface area (Å²) < 4.78 is 15.4. The zero-order chi connectivity index (χ0) is 24.1. The van der Waals surface area contributed by atoms with E-state index in [4.69, 9.17) is 0 Å². The highest BCUT2D eigenvalue weighted by atomic mass is 19.1. The SMILES string of the molecule is C[C@@H]1CNc2ncc(C(=O)N[C@@H]3CCc4c(C#N)c(N5CC6CCC(C5)N6)cc(F)c4C3)cc2C1. The van der Waals surface area contributed by atoms with Crippen molar-refractivity contribution in [3.8, 4) is 6.07 Å². The van der Waals surface area contributed by atoms with Crippen molar-refractivity contribution in [1.82, 2.24) is 15.6 Å². The lowest BCUT2D eigenvalue weighted by Crippen LogP contribution is -2.51. The van der Waals surface area contributed by atoms with Gasteiger partial charge < -0.3 is 20.9 Å². The van der Waals surface area contributed by atoms with Gasteiger partial charge in [-0.1, -0.05) is 6.92 Å². The summed E-state index contributed by atoms with van der Waals surface area (Å²) in [7, 11) is 0. The number of pyridine rings is 1. The Morgan fingerprint density at radius 1 is 1.20 bits per heavy atom. The second-order valence-electron chi connectivity index (χ2n) is 10.7.